The van der Waals surface area contributed by atoms with Gasteiger partial charge in [-0.15, -0.1) is 0 Å². The van der Waals surface area contributed by atoms with E-state index in [0.29, 0.717) is 0 Å². The number of hydrazine groups is 1. The second kappa shape index (κ2) is 5.71. The van der Waals surface area contributed by atoms with E-state index in [1.165, 1.54) is 6.07 Å². The Morgan fingerprint density at radius 1 is 1.15 bits per heavy atom. The minimum atomic E-state index is -1.46. The van der Waals surface area contributed by atoms with Gasteiger partial charge in [0.05, 0.1) is 6.04 Å². The maximum absolute atomic E-state index is 14.0. The molecule has 0 amide bonds. The van der Waals surface area contributed by atoms with Crippen LogP contribution in [0.1, 0.15) is 38.3 Å². The molecule has 1 fully saturated rings. The average molecular weight is 287 g/mol. The quantitative estimate of drug-likeness (QED) is 0.508. The molecule has 1 aromatic rings. The second-order valence-electron chi connectivity index (χ2n) is 5.71. The zero-order valence-corrected chi connectivity index (χ0v) is 11.7. The van der Waals surface area contributed by atoms with Crippen molar-refractivity contribution in [2.45, 2.75) is 38.3 Å². The van der Waals surface area contributed by atoms with Crippen molar-refractivity contribution in [1.82, 2.24) is 10.3 Å². The molecule has 1 atom stereocenters. The minimum Gasteiger partial charge on any atom is -0.296 e. The van der Waals surface area contributed by atoms with Crippen molar-refractivity contribution in [3.8, 4) is 0 Å². The molecule has 1 unspecified atom stereocenters. The maximum Gasteiger partial charge on any atom is 0.194 e. The standard InChI is InChI=1S/C14H20F3N3/c1-14(2,20-7-3-4-8-20)13(19-18)9-5-6-10(15)12(17)11(9)16/h5-6,13,19H,3-4,7-8,18H2,1-2H3. The maximum atomic E-state index is 14.0. The summed E-state index contributed by atoms with van der Waals surface area (Å²) in [6, 6.07) is 1.55. The average Bonchev–Trinajstić information content (AvgIpc) is 2.94. The molecule has 0 spiro atoms. The van der Waals surface area contributed by atoms with Crippen molar-refractivity contribution < 1.29 is 13.2 Å². The van der Waals surface area contributed by atoms with Crippen LogP contribution in [0.3, 0.4) is 0 Å². The molecule has 1 aliphatic rings. The van der Waals surface area contributed by atoms with Crippen LogP contribution in [-0.2, 0) is 0 Å². The summed E-state index contributed by atoms with van der Waals surface area (Å²) in [7, 11) is 0. The molecule has 3 nitrogen and oxygen atoms in total. The summed E-state index contributed by atoms with van der Waals surface area (Å²) < 4.78 is 40.5. The highest BCUT2D eigenvalue weighted by atomic mass is 19.2. The topological polar surface area (TPSA) is 41.3 Å². The zero-order valence-electron chi connectivity index (χ0n) is 11.7. The lowest BCUT2D eigenvalue weighted by atomic mass is 9.87. The Morgan fingerprint density at radius 3 is 2.30 bits per heavy atom. The third kappa shape index (κ3) is 2.55. The van der Waals surface area contributed by atoms with Crippen LogP contribution >= 0.6 is 0 Å². The Balaban J connectivity index is 2.39. The van der Waals surface area contributed by atoms with Gasteiger partial charge in [-0.25, -0.2) is 13.2 Å². The molecule has 1 aromatic carbocycles. The van der Waals surface area contributed by atoms with E-state index in [1.807, 2.05) is 13.8 Å². The van der Waals surface area contributed by atoms with E-state index in [9.17, 15) is 13.2 Å². The highest BCUT2D eigenvalue weighted by Gasteiger charge is 2.39. The Bertz CT molecular complexity index is 485. The van der Waals surface area contributed by atoms with E-state index in [4.69, 9.17) is 5.84 Å². The van der Waals surface area contributed by atoms with Gasteiger partial charge in [0, 0.05) is 11.1 Å². The number of halogens is 3. The third-order valence-electron chi connectivity index (χ3n) is 4.17. The van der Waals surface area contributed by atoms with Crippen LogP contribution < -0.4 is 11.3 Å². The number of nitrogens with two attached hydrogens (primary N) is 1. The van der Waals surface area contributed by atoms with Gasteiger partial charge in [0.1, 0.15) is 0 Å². The molecule has 20 heavy (non-hydrogen) atoms. The predicted molar refractivity (Wildman–Crippen MR) is 71.3 cm³/mol. The molecule has 3 N–H and O–H groups in total. The van der Waals surface area contributed by atoms with Gasteiger partial charge >= 0.3 is 0 Å². The molecule has 0 aliphatic carbocycles. The van der Waals surface area contributed by atoms with Crippen molar-refractivity contribution in [2.24, 2.45) is 5.84 Å². The molecular formula is C14H20F3N3. The summed E-state index contributed by atoms with van der Waals surface area (Å²) >= 11 is 0. The first kappa shape index (κ1) is 15.3. The monoisotopic (exact) mass is 287 g/mol. The van der Waals surface area contributed by atoms with Gasteiger partial charge in [-0.05, 0) is 45.8 Å². The molecular weight excluding hydrogens is 267 g/mol. The number of nitrogens with zero attached hydrogens (tertiary/aromatic N) is 1. The molecule has 0 radical (unpaired) electrons. The molecule has 2 rings (SSSR count). The van der Waals surface area contributed by atoms with Crippen LogP contribution in [0.2, 0.25) is 0 Å². The summed E-state index contributed by atoms with van der Waals surface area (Å²) in [5.74, 6) is 1.72. The summed E-state index contributed by atoms with van der Waals surface area (Å²) in [5, 5.41) is 0. The minimum absolute atomic E-state index is 0.0447. The lowest BCUT2D eigenvalue weighted by molar-refractivity contribution is 0.105. The predicted octanol–water partition coefficient (Wildman–Crippen LogP) is 2.48. The van der Waals surface area contributed by atoms with Gasteiger partial charge in [-0.1, -0.05) is 6.07 Å². The first-order chi connectivity index (χ1) is 9.39. The molecule has 0 saturated carbocycles. The van der Waals surface area contributed by atoms with Gasteiger partial charge in [-0.3, -0.25) is 16.2 Å². The number of hydrogen-bond donors (Lipinski definition) is 2. The van der Waals surface area contributed by atoms with Crippen molar-refractivity contribution in [2.75, 3.05) is 13.1 Å². The van der Waals surface area contributed by atoms with Crippen LogP contribution in [0.15, 0.2) is 12.1 Å². The van der Waals surface area contributed by atoms with E-state index in [2.05, 4.69) is 10.3 Å². The van der Waals surface area contributed by atoms with Crippen LogP contribution in [-0.4, -0.2) is 23.5 Å². The lowest BCUT2D eigenvalue weighted by Crippen LogP contribution is -2.53. The van der Waals surface area contributed by atoms with Gasteiger partial charge in [0.25, 0.3) is 0 Å². The van der Waals surface area contributed by atoms with Gasteiger partial charge in [0.2, 0.25) is 0 Å². The van der Waals surface area contributed by atoms with E-state index in [0.717, 1.165) is 32.0 Å². The molecule has 6 heteroatoms. The number of benzene rings is 1. The van der Waals surface area contributed by atoms with Crippen LogP contribution in [0.5, 0.6) is 0 Å². The molecule has 1 aliphatic heterocycles. The first-order valence-corrected chi connectivity index (χ1v) is 6.74. The van der Waals surface area contributed by atoms with E-state index >= 15 is 0 Å². The van der Waals surface area contributed by atoms with E-state index < -0.39 is 29.0 Å². The lowest BCUT2D eigenvalue weighted by Gasteiger charge is -2.42. The first-order valence-electron chi connectivity index (χ1n) is 6.74. The Labute approximate surface area is 116 Å². The Morgan fingerprint density at radius 2 is 1.75 bits per heavy atom. The third-order valence-corrected chi connectivity index (χ3v) is 4.17. The van der Waals surface area contributed by atoms with Crippen LogP contribution in [0.25, 0.3) is 0 Å². The molecule has 1 saturated heterocycles. The van der Waals surface area contributed by atoms with E-state index in [-0.39, 0.29) is 5.56 Å². The van der Waals surface area contributed by atoms with Crippen molar-refractivity contribution in [3.05, 3.63) is 35.1 Å². The Hall–Kier alpha value is -1.11. The fraction of sp³-hybridized carbons (Fsp3) is 0.571. The molecule has 0 aromatic heterocycles. The van der Waals surface area contributed by atoms with Gasteiger partial charge < -0.3 is 0 Å². The second-order valence-corrected chi connectivity index (χ2v) is 5.71. The van der Waals surface area contributed by atoms with E-state index in [1.54, 1.807) is 0 Å². The molecule has 0 bridgehead atoms. The fourth-order valence-corrected chi connectivity index (χ4v) is 2.91. The van der Waals surface area contributed by atoms with Gasteiger partial charge in [-0.2, -0.15) is 0 Å². The van der Waals surface area contributed by atoms with Crippen molar-refractivity contribution in [1.29, 1.82) is 0 Å². The Kier molecular flexibility index (Phi) is 4.36. The normalized spacial score (nSPS) is 18.5. The number of nitrogens with one attached hydrogen (secondary N) is 1. The summed E-state index contributed by atoms with van der Waals surface area (Å²) in [6.45, 7) is 5.61. The molecule has 112 valence electrons. The highest BCUT2D eigenvalue weighted by Crippen LogP contribution is 2.35. The molecule has 1 heterocycles. The highest BCUT2D eigenvalue weighted by molar-refractivity contribution is 5.26. The largest absolute Gasteiger partial charge is 0.296 e. The summed E-state index contributed by atoms with van der Waals surface area (Å²) in [6.07, 6.45) is 2.14. The van der Waals surface area contributed by atoms with Crippen molar-refractivity contribution in [3.63, 3.8) is 0 Å². The van der Waals surface area contributed by atoms with Gasteiger partial charge in [0.15, 0.2) is 17.5 Å². The van der Waals surface area contributed by atoms with Crippen LogP contribution in [0, 0.1) is 17.5 Å². The summed E-state index contributed by atoms with van der Waals surface area (Å²) in [5.41, 5.74) is 2.09. The fourth-order valence-electron chi connectivity index (χ4n) is 2.91. The zero-order chi connectivity index (χ0) is 14.9. The van der Waals surface area contributed by atoms with Crippen molar-refractivity contribution >= 4 is 0 Å². The van der Waals surface area contributed by atoms with Crippen LogP contribution in [0.4, 0.5) is 13.2 Å². The smallest absolute Gasteiger partial charge is 0.194 e. The SMILES string of the molecule is CC(C)(C(NN)c1ccc(F)c(F)c1F)N1CCCC1. The number of hydrogen-bond acceptors (Lipinski definition) is 3. The number of rotatable bonds is 4. The summed E-state index contributed by atoms with van der Waals surface area (Å²) in [4.78, 5) is 2.18. The number of likely N-dealkylation sites (tertiary alicyclic amines) is 1.